The summed E-state index contributed by atoms with van der Waals surface area (Å²) in [6.07, 6.45) is 1.47. The quantitative estimate of drug-likeness (QED) is 0.191. The number of amides is 1. The number of nitrogen functional groups attached to an aromatic ring is 1. The van der Waals surface area contributed by atoms with E-state index in [9.17, 15) is 14.9 Å². The van der Waals surface area contributed by atoms with Crippen LogP contribution in [0.3, 0.4) is 0 Å². The number of nitrogens with two attached hydrogens (primary N) is 1. The van der Waals surface area contributed by atoms with Crippen LogP contribution in [0, 0.1) is 10.1 Å². The number of nitrogens with one attached hydrogen (secondary N) is 1. The number of aromatic nitrogens is 5. The third kappa shape index (κ3) is 4.29. The van der Waals surface area contributed by atoms with E-state index in [0.717, 1.165) is 15.5 Å². The first-order valence-corrected chi connectivity index (χ1v) is 10.7. The Balaban J connectivity index is 1.51. The third-order valence-corrected chi connectivity index (χ3v) is 5.44. The first kappa shape index (κ1) is 23.1. The van der Waals surface area contributed by atoms with Crippen LogP contribution < -0.4 is 15.9 Å². The minimum atomic E-state index is -0.704. The molecule has 37 heavy (non-hydrogen) atoms. The number of anilines is 1. The second-order valence-electron chi connectivity index (χ2n) is 7.58. The predicted octanol–water partition coefficient (Wildman–Crippen LogP) is 2.73. The number of nitrogens with zero attached hydrogens (tertiary/aromatic N) is 7. The van der Waals surface area contributed by atoms with Crippen molar-refractivity contribution in [3.8, 4) is 22.8 Å². The Morgan fingerprint density at radius 1 is 1.16 bits per heavy atom. The van der Waals surface area contributed by atoms with Gasteiger partial charge in [0.1, 0.15) is 11.4 Å². The molecule has 5 rings (SSSR count). The maximum absolute atomic E-state index is 13.1. The highest BCUT2D eigenvalue weighted by molar-refractivity contribution is 6.03. The molecule has 0 radical (unpaired) electrons. The Morgan fingerprint density at radius 2 is 1.95 bits per heavy atom. The van der Waals surface area contributed by atoms with Crippen molar-refractivity contribution in [1.29, 1.82) is 0 Å². The average molecular weight is 499 g/mol. The lowest BCUT2D eigenvalue weighted by Crippen LogP contribution is -2.19. The van der Waals surface area contributed by atoms with Gasteiger partial charge in [-0.3, -0.25) is 14.9 Å². The van der Waals surface area contributed by atoms with Gasteiger partial charge in [-0.05, 0) is 39.3 Å². The van der Waals surface area contributed by atoms with E-state index in [1.165, 1.54) is 30.5 Å². The summed E-state index contributed by atoms with van der Waals surface area (Å²) >= 11 is 0. The standard InChI is InChI=1S/C23H17N9O5/c1-36-18-11-8-13-4-2-3-5-16(13)17(18)12-25-27-23(33)19-20(14-6-9-15(10-7-14)32(34)35)31(30-26-19)22-21(24)28-37-29-22/h2-12H,1H3,(H2,24,28)(H,27,33)/b25-12-. The highest BCUT2D eigenvalue weighted by Crippen LogP contribution is 2.29. The lowest BCUT2D eigenvalue weighted by molar-refractivity contribution is -0.384. The van der Waals surface area contributed by atoms with E-state index in [1.807, 2.05) is 30.3 Å². The van der Waals surface area contributed by atoms with E-state index in [0.29, 0.717) is 16.9 Å². The van der Waals surface area contributed by atoms with Gasteiger partial charge < -0.3 is 10.5 Å². The van der Waals surface area contributed by atoms with Crippen LogP contribution in [-0.2, 0) is 0 Å². The molecule has 3 aromatic carbocycles. The van der Waals surface area contributed by atoms with Crippen LogP contribution in [-0.4, -0.2) is 49.5 Å². The molecule has 0 fully saturated rings. The van der Waals surface area contributed by atoms with Gasteiger partial charge in [-0.1, -0.05) is 35.5 Å². The normalized spacial score (nSPS) is 11.2. The number of nitro benzene ring substituents is 1. The number of methoxy groups -OCH3 is 1. The highest BCUT2D eigenvalue weighted by Gasteiger charge is 2.25. The minimum Gasteiger partial charge on any atom is -0.496 e. The van der Waals surface area contributed by atoms with Crippen molar-refractivity contribution in [2.45, 2.75) is 0 Å². The van der Waals surface area contributed by atoms with Gasteiger partial charge in [-0.2, -0.15) is 9.78 Å². The van der Waals surface area contributed by atoms with Crippen LogP contribution in [0.5, 0.6) is 5.75 Å². The molecule has 0 saturated heterocycles. The minimum absolute atomic E-state index is 0.0103. The molecular formula is C23H17N9O5. The summed E-state index contributed by atoms with van der Waals surface area (Å²) in [5.74, 6) is -0.238. The number of hydrazone groups is 1. The number of ether oxygens (including phenoxy) is 1. The van der Waals surface area contributed by atoms with Gasteiger partial charge in [0.2, 0.25) is 11.6 Å². The maximum Gasteiger partial charge on any atom is 0.294 e. The Bertz CT molecular complexity index is 1660. The van der Waals surface area contributed by atoms with Gasteiger partial charge in [0, 0.05) is 23.3 Å². The number of fused-ring (bicyclic) bond motifs is 1. The van der Waals surface area contributed by atoms with Gasteiger partial charge in [0.25, 0.3) is 11.6 Å². The van der Waals surface area contributed by atoms with Crippen molar-refractivity contribution in [3.63, 3.8) is 0 Å². The van der Waals surface area contributed by atoms with Gasteiger partial charge in [0.15, 0.2) is 5.69 Å². The number of nitro groups is 1. The maximum atomic E-state index is 13.1. The number of hydrogen-bond donors (Lipinski definition) is 2. The number of carbonyl (C=O) groups excluding carboxylic acids is 1. The topological polar surface area (TPSA) is 189 Å². The van der Waals surface area contributed by atoms with E-state index in [2.05, 4.69) is 35.8 Å². The van der Waals surface area contributed by atoms with E-state index >= 15 is 0 Å². The Kier molecular flexibility index (Phi) is 5.95. The molecule has 0 aliphatic rings. The summed E-state index contributed by atoms with van der Waals surface area (Å²) in [6, 6.07) is 16.8. The summed E-state index contributed by atoms with van der Waals surface area (Å²) in [5.41, 5.74) is 9.16. The summed E-state index contributed by atoms with van der Waals surface area (Å²) < 4.78 is 11.2. The molecule has 184 valence electrons. The van der Waals surface area contributed by atoms with Crippen molar-refractivity contribution in [2.75, 3.05) is 12.8 Å². The van der Waals surface area contributed by atoms with Gasteiger partial charge in [-0.25, -0.2) is 10.1 Å². The van der Waals surface area contributed by atoms with Crippen LogP contribution >= 0.6 is 0 Å². The smallest absolute Gasteiger partial charge is 0.294 e. The number of benzene rings is 3. The predicted molar refractivity (Wildman–Crippen MR) is 131 cm³/mol. The number of carbonyl (C=O) groups is 1. The van der Waals surface area contributed by atoms with Gasteiger partial charge in [-0.15, -0.1) is 5.10 Å². The zero-order valence-electron chi connectivity index (χ0n) is 19.1. The molecular weight excluding hydrogens is 482 g/mol. The number of rotatable bonds is 7. The fraction of sp³-hybridized carbons (Fsp3) is 0.0435. The van der Waals surface area contributed by atoms with Crippen LogP contribution in [0.1, 0.15) is 16.1 Å². The lowest BCUT2D eigenvalue weighted by atomic mass is 10.0. The molecule has 14 heteroatoms. The molecule has 0 unspecified atom stereocenters. The number of hydrogen-bond acceptors (Lipinski definition) is 11. The van der Waals surface area contributed by atoms with Crippen molar-refractivity contribution in [2.24, 2.45) is 5.10 Å². The molecule has 0 bridgehead atoms. The molecule has 2 heterocycles. The van der Waals surface area contributed by atoms with Crippen molar-refractivity contribution < 1.29 is 19.1 Å². The molecule has 0 aliphatic carbocycles. The summed E-state index contributed by atoms with van der Waals surface area (Å²) in [7, 11) is 1.54. The Hall–Kier alpha value is -5.66. The van der Waals surface area contributed by atoms with Gasteiger partial charge >= 0.3 is 0 Å². The Morgan fingerprint density at radius 3 is 2.65 bits per heavy atom. The summed E-state index contributed by atoms with van der Waals surface area (Å²) in [5, 5.41) is 32.2. The second kappa shape index (κ2) is 9.53. The molecule has 3 N–H and O–H groups in total. The molecule has 0 spiro atoms. The van der Waals surface area contributed by atoms with Crippen LogP contribution in [0.4, 0.5) is 11.5 Å². The van der Waals surface area contributed by atoms with E-state index in [-0.39, 0.29) is 28.7 Å². The molecule has 2 aromatic heterocycles. The van der Waals surface area contributed by atoms with Crippen molar-refractivity contribution >= 4 is 34.4 Å². The lowest BCUT2D eigenvalue weighted by Gasteiger charge is -2.08. The van der Waals surface area contributed by atoms with Crippen molar-refractivity contribution in [3.05, 3.63) is 82.0 Å². The zero-order valence-corrected chi connectivity index (χ0v) is 19.1. The van der Waals surface area contributed by atoms with Crippen LogP contribution in [0.15, 0.2) is 70.4 Å². The monoisotopic (exact) mass is 499 g/mol. The second-order valence-corrected chi connectivity index (χ2v) is 7.58. The van der Waals surface area contributed by atoms with Gasteiger partial charge in [0.05, 0.1) is 18.2 Å². The summed E-state index contributed by atoms with van der Waals surface area (Å²) in [6.45, 7) is 0. The molecule has 5 aromatic rings. The van der Waals surface area contributed by atoms with E-state index < -0.39 is 10.8 Å². The Labute approximate surface area is 207 Å². The van der Waals surface area contributed by atoms with E-state index in [4.69, 9.17) is 10.5 Å². The first-order chi connectivity index (χ1) is 18.0. The summed E-state index contributed by atoms with van der Waals surface area (Å²) in [4.78, 5) is 23.7. The third-order valence-electron chi connectivity index (χ3n) is 5.44. The zero-order chi connectivity index (χ0) is 25.9. The first-order valence-electron chi connectivity index (χ1n) is 10.7. The largest absolute Gasteiger partial charge is 0.496 e. The highest BCUT2D eigenvalue weighted by atomic mass is 16.6. The van der Waals surface area contributed by atoms with Crippen LogP contribution in [0.25, 0.3) is 27.8 Å². The molecule has 14 nitrogen and oxygen atoms in total. The number of non-ortho nitro benzene ring substituents is 1. The average Bonchev–Trinajstić information content (AvgIpc) is 3.54. The van der Waals surface area contributed by atoms with Crippen molar-refractivity contribution in [1.82, 2.24) is 30.7 Å². The molecule has 0 saturated carbocycles. The fourth-order valence-corrected chi connectivity index (χ4v) is 3.72. The van der Waals surface area contributed by atoms with E-state index in [1.54, 1.807) is 13.2 Å². The SMILES string of the molecule is COc1ccc2ccccc2c1/C=N\NC(=O)c1nnn(-c2nonc2N)c1-c1ccc([N+](=O)[O-])cc1. The molecule has 0 aliphatic heterocycles. The molecule has 0 atom stereocenters. The molecule has 1 amide bonds. The van der Waals surface area contributed by atoms with Crippen LogP contribution in [0.2, 0.25) is 0 Å². The fourth-order valence-electron chi connectivity index (χ4n) is 3.72.